The van der Waals surface area contributed by atoms with Crippen molar-refractivity contribution in [3.05, 3.63) is 66.1 Å². The molecule has 0 bridgehead atoms. The summed E-state index contributed by atoms with van der Waals surface area (Å²) < 4.78 is 19.7. The van der Waals surface area contributed by atoms with Crippen molar-refractivity contribution in [1.82, 2.24) is 4.98 Å². The van der Waals surface area contributed by atoms with Gasteiger partial charge in [0.1, 0.15) is 17.3 Å². The van der Waals surface area contributed by atoms with E-state index >= 15 is 0 Å². The van der Waals surface area contributed by atoms with Gasteiger partial charge in [0.15, 0.2) is 0 Å². The molecule has 0 amide bonds. The molecule has 1 heterocycles. The third kappa shape index (κ3) is 2.58. The van der Waals surface area contributed by atoms with Crippen LogP contribution in [0.1, 0.15) is 18.6 Å². The predicted octanol–water partition coefficient (Wildman–Crippen LogP) is 4.22. The predicted molar refractivity (Wildman–Crippen MR) is 78.9 cm³/mol. The molecule has 0 spiro atoms. The molecule has 106 valence electrons. The van der Waals surface area contributed by atoms with E-state index in [0.717, 1.165) is 10.9 Å². The van der Waals surface area contributed by atoms with E-state index in [9.17, 15) is 9.50 Å². The number of ether oxygens (including phenoxy) is 1. The third-order valence-corrected chi connectivity index (χ3v) is 3.26. The molecule has 0 fully saturated rings. The number of aliphatic hydroxyl groups excluding tert-OH is 1. The van der Waals surface area contributed by atoms with Gasteiger partial charge in [0.05, 0.1) is 17.2 Å². The Morgan fingerprint density at radius 1 is 1.05 bits per heavy atom. The minimum atomic E-state index is -0.950. The summed E-state index contributed by atoms with van der Waals surface area (Å²) in [4.78, 5) is 4.26. The molecule has 1 atom stereocenters. The minimum absolute atomic E-state index is 0.151. The number of nitrogens with zero attached hydrogens (tertiary/aromatic N) is 1. The molecule has 1 unspecified atom stereocenters. The van der Waals surface area contributed by atoms with Crippen LogP contribution < -0.4 is 4.74 Å². The Morgan fingerprint density at radius 2 is 1.81 bits per heavy atom. The van der Waals surface area contributed by atoms with Crippen molar-refractivity contribution in [3.8, 4) is 11.5 Å². The highest BCUT2D eigenvalue weighted by atomic mass is 19.1. The first kappa shape index (κ1) is 13.5. The summed E-state index contributed by atoms with van der Waals surface area (Å²) in [5.74, 6) is 0.398. The van der Waals surface area contributed by atoms with Crippen molar-refractivity contribution in [2.75, 3.05) is 0 Å². The number of aromatic nitrogens is 1. The topological polar surface area (TPSA) is 42.4 Å². The summed E-state index contributed by atoms with van der Waals surface area (Å²) in [7, 11) is 0. The van der Waals surface area contributed by atoms with Gasteiger partial charge < -0.3 is 9.84 Å². The second-order valence-electron chi connectivity index (χ2n) is 4.76. The molecule has 0 aliphatic rings. The molecule has 1 aromatic heterocycles. The lowest BCUT2D eigenvalue weighted by molar-refractivity contribution is 0.190. The van der Waals surface area contributed by atoms with Gasteiger partial charge in [0.2, 0.25) is 0 Å². The van der Waals surface area contributed by atoms with Crippen molar-refractivity contribution in [3.63, 3.8) is 0 Å². The molecule has 0 saturated carbocycles. The molecule has 2 aromatic carbocycles. The summed E-state index contributed by atoms with van der Waals surface area (Å²) in [6, 6.07) is 13.7. The highest BCUT2D eigenvalue weighted by molar-refractivity contribution is 5.85. The van der Waals surface area contributed by atoms with E-state index in [1.54, 1.807) is 24.4 Å². The SMILES string of the molecule is CC(O)c1c(F)cccc1Oc1cccc2ncccc12. The first-order chi connectivity index (χ1) is 10.2. The molecule has 0 radical (unpaired) electrons. The number of benzene rings is 2. The summed E-state index contributed by atoms with van der Waals surface area (Å²) >= 11 is 0. The van der Waals surface area contributed by atoms with Gasteiger partial charge in [-0.05, 0) is 43.3 Å². The molecule has 0 aliphatic carbocycles. The van der Waals surface area contributed by atoms with Gasteiger partial charge in [-0.2, -0.15) is 0 Å². The van der Waals surface area contributed by atoms with E-state index in [-0.39, 0.29) is 5.56 Å². The lowest BCUT2D eigenvalue weighted by atomic mass is 10.1. The van der Waals surface area contributed by atoms with Gasteiger partial charge in [0, 0.05) is 11.6 Å². The van der Waals surface area contributed by atoms with Crippen LogP contribution in [0.4, 0.5) is 4.39 Å². The highest BCUT2D eigenvalue weighted by Gasteiger charge is 2.16. The second-order valence-corrected chi connectivity index (χ2v) is 4.76. The molecule has 3 aromatic rings. The van der Waals surface area contributed by atoms with Gasteiger partial charge in [-0.25, -0.2) is 4.39 Å². The van der Waals surface area contributed by atoms with E-state index in [2.05, 4.69) is 4.98 Å². The van der Waals surface area contributed by atoms with Crippen LogP contribution in [-0.4, -0.2) is 10.1 Å². The molecule has 21 heavy (non-hydrogen) atoms. The molecular formula is C17H14FNO2. The van der Waals surface area contributed by atoms with E-state index in [1.165, 1.54) is 13.0 Å². The second kappa shape index (κ2) is 5.50. The fraction of sp³-hybridized carbons (Fsp3) is 0.118. The summed E-state index contributed by atoms with van der Waals surface area (Å²) in [6.45, 7) is 1.51. The Kier molecular flexibility index (Phi) is 3.54. The largest absolute Gasteiger partial charge is 0.456 e. The monoisotopic (exact) mass is 283 g/mol. The number of hydrogen-bond acceptors (Lipinski definition) is 3. The maximum absolute atomic E-state index is 13.9. The van der Waals surface area contributed by atoms with Gasteiger partial charge in [-0.3, -0.25) is 4.98 Å². The zero-order valence-electron chi connectivity index (χ0n) is 11.5. The van der Waals surface area contributed by atoms with Crippen molar-refractivity contribution in [2.45, 2.75) is 13.0 Å². The Bertz CT molecular complexity index is 781. The maximum atomic E-state index is 13.9. The quantitative estimate of drug-likeness (QED) is 0.782. The van der Waals surface area contributed by atoms with Gasteiger partial charge in [-0.15, -0.1) is 0 Å². The summed E-state index contributed by atoms with van der Waals surface area (Å²) in [5.41, 5.74) is 0.948. The molecule has 4 heteroatoms. The van der Waals surface area contributed by atoms with Crippen molar-refractivity contribution < 1.29 is 14.2 Å². The molecular weight excluding hydrogens is 269 g/mol. The van der Waals surface area contributed by atoms with Crippen LogP contribution in [0.3, 0.4) is 0 Å². The van der Waals surface area contributed by atoms with Crippen LogP contribution in [0.5, 0.6) is 11.5 Å². The fourth-order valence-corrected chi connectivity index (χ4v) is 2.29. The van der Waals surface area contributed by atoms with Gasteiger partial charge in [0.25, 0.3) is 0 Å². The zero-order chi connectivity index (χ0) is 14.8. The van der Waals surface area contributed by atoms with Gasteiger partial charge >= 0.3 is 0 Å². The summed E-state index contributed by atoms with van der Waals surface area (Å²) in [5, 5.41) is 10.6. The van der Waals surface area contributed by atoms with E-state index < -0.39 is 11.9 Å². The van der Waals surface area contributed by atoms with E-state index in [1.807, 2.05) is 24.3 Å². The van der Waals surface area contributed by atoms with Crippen LogP contribution in [0, 0.1) is 5.82 Å². The molecule has 3 nitrogen and oxygen atoms in total. The van der Waals surface area contributed by atoms with Crippen LogP contribution in [-0.2, 0) is 0 Å². The third-order valence-electron chi connectivity index (χ3n) is 3.26. The number of rotatable bonds is 3. The first-order valence-corrected chi connectivity index (χ1v) is 6.65. The first-order valence-electron chi connectivity index (χ1n) is 6.65. The standard InChI is InChI=1S/C17H14FNO2/c1-11(20)17-13(18)6-2-9-16(17)21-15-8-3-7-14-12(15)5-4-10-19-14/h2-11,20H,1H3. The van der Waals surface area contributed by atoms with Crippen molar-refractivity contribution in [2.24, 2.45) is 0 Å². The van der Waals surface area contributed by atoms with Gasteiger partial charge in [-0.1, -0.05) is 12.1 Å². The minimum Gasteiger partial charge on any atom is -0.456 e. The van der Waals surface area contributed by atoms with E-state index in [0.29, 0.717) is 11.5 Å². The Balaban J connectivity index is 2.09. The Morgan fingerprint density at radius 3 is 2.62 bits per heavy atom. The van der Waals surface area contributed by atoms with Crippen molar-refractivity contribution >= 4 is 10.9 Å². The zero-order valence-corrected chi connectivity index (χ0v) is 11.5. The maximum Gasteiger partial charge on any atom is 0.136 e. The van der Waals surface area contributed by atoms with Crippen LogP contribution in [0.2, 0.25) is 0 Å². The fourth-order valence-electron chi connectivity index (χ4n) is 2.29. The van der Waals surface area contributed by atoms with E-state index in [4.69, 9.17) is 4.74 Å². The average Bonchev–Trinajstić information content (AvgIpc) is 2.47. The number of hydrogen-bond donors (Lipinski definition) is 1. The normalized spacial score (nSPS) is 12.3. The van der Waals surface area contributed by atoms with Crippen LogP contribution in [0.25, 0.3) is 10.9 Å². The Labute approximate surface area is 121 Å². The number of pyridine rings is 1. The van der Waals surface area contributed by atoms with Crippen LogP contribution in [0.15, 0.2) is 54.7 Å². The number of fused-ring (bicyclic) bond motifs is 1. The van der Waals surface area contributed by atoms with Crippen LogP contribution >= 0.6 is 0 Å². The number of halogens is 1. The molecule has 0 saturated heterocycles. The number of aliphatic hydroxyl groups is 1. The Hall–Kier alpha value is -2.46. The smallest absolute Gasteiger partial charge is 0.136 e. The molecule has 1 N–H and O–H groups in total. The highest BCUT2D eigenvalue weighted by Crippen LogP contribution is 2.34. The summed E-state index contributed by atoms with van der Waals surface area (Å²) in [6.07, 6.45) is 0.754. The molecule has 3 rings (SSSR count). The molecule has 0 aliphatic heterocycles. The lowest BCUT2D eigenvalue weighted by Crippen LogP contribution is -2.00. The average molecular weight is 283 g/mol. The lowest BCUT2D eigenvalue weighted by Gasteiger charge is -2.15. The van der Waals surface area contributed by atoms with Crippen molar-refractivity contribution in [1.29, 1.82) is 0 Å².